The second-order valence-electron chi connectivity index (χ2n) is 7.29. The summed E-state index contributed by atoms with van der Waals surface area (Å²) in [6, 6.07) is 8.08. The molecule has 136 valence electrons. The van der Waals surface area contributed by atoms with Gasteiger partial charge in [0.15, 0.2) is 0 Å². The highest BCUT2D eigenvalue weighted by molar-refractivity contribution is 5.79. The quantitative estimate of drug-likeness (QED) is 0.787. The van der Waals surface area contributed by atoms with Gasteiger partial charge in [-0.1, -0.05) is 50.2 Å². The fraction of sp³-hybridized carbons (Fsp3) is 0.591. The Balaban J connectivity index is 1.77. The van der Waals surface area contributed by atoms with Gasteiger partial charge in [0.1, 0.15) is 0 Å². The van der Waals surface area contributed by atoms with Crippen molar-refractivity contribution in [1.29, 1.82) is 0 Å². The van der Waals surface area contributed by atoms with E-state index in [-0.39, 0.29) is 11.8 Å². The molecule has 1 fully saturated rings. The fourth-order valence-electron chi connectivity index (χ4n) is 3.59. The van der Waals surface area contributed by atoms with Gasteiger partial charge in [0, 0.05) is 25.6 Å². The Bertz CT molecular complexity index is 604. The second kappa shape index (κ2) is 10.1. The number of nitrogens with one attached hydrogen (secondary N) is 1. The molecule has 0 unspecified atom stereocenters. The van der Waals surface area contributed by atoms with Gasteiger partial charge in [-0.2, -0.15) is 0 Å². The molecule has 0 radical (unpaired) electrons. The molecule has 0 saturated heterocycles. The van der Waals surface area contributed by atoms with E-state index >= 15 is 0 Å². The summed E-state index contributed by atoms with van der Waals surface area (Å²) < 4.78 is 0. The van der Waals surface area contributed by atoms with Crippen molar-refractivity contribution in [2.75, 3.05) is 25.5 Å². The molecular weight excluding hydrogens is 308 g/mol. The summed E-state index contributed by atoms with van der Waals surface area (Å²) >= 11 is 0. The lowest BCUT2D eigenvalue weighted by Crippen LogP contribution is -2.33. The third kappa shape index (κ3) is 6.12. The van der Waals surface area contributed by atoms with E-state index in [0.29, 0.717) is 6.54 Å². The van der Waals surface area contributed by atoms with Crippen molar-refractivity contribution >= 4 is 11.6 Å². The van der Waals surface area contributed by atoms with Crippen molar-refractivity contribution < 1.29 is 4.79 Å². The first-order chi connectivity index (χ1) is 12.1. The van der Waals surface area contributed by atoms with Gasteiger partial charge in [-0.25, -0.2) is 0 Å². The molecule has 3 nitrogen and oxygen atoms in total. The number of anilines is 1. The molecule has 0 atom stereocenters. The van der Waals surface area contributed by atoms with Crippen molar-refractivity contribution in [3.05, 3.63) is 29.8 Å². The van der Waals surface area contributed by atoms with Gasteiger partial charge in [0.2, 0.25) is 5.91 Å². The average molecular weight is 341 g/mol. The zero-order chi connectivity index (χ0) is 18.1. The first-order valence-electron chi connectivity index (χ1n) is 9.64. The van der Waals surface area contributed by atoms with Crippen LogP contribution in [0.5, 0.6) is 0 Å². The number of hydrogen-bond acceptors (Lipinski definition) is 2. The second-order valence-corrected chi connectivity index (χ2v) is 7.29. The summed E-state index contributed by atoms with van der Waals surface area (Å²) in [6.45, 7) is 2.67. The van der Waals surface area contributed by atoms with Crippen LogP contribution in [0.1, 0.15) is 57.4 Å². The summed E-state index contributed by atoms with van der Waals surface area (Å²) in [5.41, 5.74) is 2.10. The first kappa shape index (κ1) is 19.4. The highest BCUT2D eigenvalue weighted by Gasteiger charge is 2.25. The molecule has 0 aliphatic heterocycles. The Kier molecular flexibility index (Phi) is 7.85. The molecule has 2 rings (SSSR count). The van der Waals surface area contributed by atoms with E-state index in [4.69, 9.17) is 0 Å². The molecule has 3 heteroatoms. The van der Waals surface area contributed by atoms with Crippen LogP contribution in [-0.4, -0.2) is 26.5 Å². The first-order valence-corrected chi connectivity index (χ1v) is 9.64. The van der Waals surface area contributed by atoms with Gasteiger partial charge in [0.05, 0.1) is 12.2 Å². The molecular formula is C22H32N2O. The van der Waals surface area contributed by atoms with Crippen molar-refractivity contribution in [3.8, 4) is 11.8 Å². The lowest BCUT2D eigenvalue weighted by atomic mass is 9.79. The third-order valence-electron chi connectivity index (χ3n) is 5.14. The standard InChI is InChI=1S/C22H32N2O/c1-4-5-9-18-13-15-20(16-14-18)22(25)23-17-8-11-19-10-6-7-12-21(19)24(2)3/h6-7,10,12,18,20H,4-5,9,13-17H2,1-3H3,(H,23,25). The maximum Gasteiger partial charge on any atom is 0.223 e. The van der Waals surface area contributed by atoms with Crippen LogP contribution in [0.15, 0.2) is 24.3 Å². The molecule has 0 aromatic heterocycles. The summed E-state index contributed by atoms with van der Waals surface area (Å²) in [5, 5.41) is 3.00. The number of carbonyl (C=O) groups is 1. The van der Waals surface area contributed by atoms with Crippen LogP contribution < -0.4 is 10.2 Å². The number of para-hydroxylation sites is 1. The maximum absolute atomic E-state index is 12.3. The predicted octanol–water partition coefficient (Wildman–Crippen LogP) is 4.22. The van der Waals surface area contributed by atoms with Gasteiger partial charge in [-0.3, -0.25) is 4.79 Å². The number of hydrogen-bond donors (Lipinski definition) is 1. The molecule has 25 heavy (non-hydrogen) atoms. The minimum Gasteiger partial charge on any atom is -0.377 e. The zero-order valence-electron chi connectivity index (χ0n) is 16.0. The van der Waals surface area contributed by atoms with Gasteiger partial charge in [-0.05, 0) is 43.7 Å². The summed E-state index contributed by atoms with van der Waals surface area (Å²) in [5.74, 6) is 7.48. The van der Waals surface area contributed by atoms with Gasteiger partial charge in [0.25, 0.3) is 0 Å². The van der Waals surface area contributed by atoms with Crippen molar-refractivity contribution in [3.63, 3.8) is 0 Å². The third-order valence-corrected chi connectivity index (χ3v) is 5.14. The molecule has 0 bridgehead atoms. The van der Waals surface area contributed by atoms with Crippen molar-refractivity contribution in [2.24, 2.45) is 11.8 Å². The van der Waals surface area contributed by atoms with Crippen LogP contribution >= 0.6 is 0 Å². The van der Waals surface area contributed by atoms with Gasteiger partial charge in [-0.15, -0.1) is 0 Å². The summed E-state index contributed by atoms with van der Waals surface area (Å²) in [7, 11) is 4.03. The highest BCUT2D eigenvalue weighted by Crippen LogP contribution is 2.31. The largest absolute Gasteiger partial charge is 0.377 e. The summed E-state index contributed by atoms with van der Waals surface area (Å²) in [4.78, 5) is 14.4. The van der Waals surface area contributed by atoms with E-state index in [1.807, 2.05) is 32.3 Å². The number of nitrogens with zero attached hydrogens (tertiary/aromatic N) is 1. The topological polar surface area (TPSA) is 32.3 Å². The average Bonchev–Trinajstić information content (AvgIpc) is 2.64. The number of unbranched alkanes of at least 4 members (excludes halogenated alkanes) is 1. The predicted molar refractivity (Wildman–Crippen MR) is 106 cm³/mol. The van der Waals surface area contributed by atoms with Crippen LogP contribution in [0, 0.1) is 23.7 Å². The van der Waals surface area contributed by atoms with E-state index in [1.165, 1.54) is 32.1 Å². The minimum atomic E-state index is 0.184. The highest BCUT2D eigenvalue weighted by atomic mass is 16.1. The Morgan fingerprint density at radius 2 is 1.92 bits per heavy atom. The molecule has 1 saturated carbocycles. The Labute approximate surface area is 153 Å². The molecule has 1 aliphatic rings. The number of benzene rings is 1. The van der Waals surface area contributed by atoms with E-state index in [0.717, 1.165) is 30.0 Å². The Morgan fingerprint density at radius 3 is 2.60 bits per heavy atom. The van der Waals surface area contributed by atoms with E-state index in [1.54, 1.807) is 0 Å². The number of rotatable bonds is 6. The summed E-state index contributed by atoms with van der Waals surface area (Å²) in [6.07, 6.45) is 8.43. The van der Waals surface area contributed by atoms with Crippen LogP contribution in [0.2, 0.25) is 0 Å². The number of carbonyl (C=O) groups excluding carboxylic acids is 1. The molecule has 0 heterocycles. The lowest BCUT2D eigenvalue weighted by molar-refractivity contribution is -0.125. The molecule has 0 spiro atoms. The molecule has 1 aliphatic carbocycles. The van der Waals surface area contributed by atoms with E-state index in [2.05, 4.69) is 35.0 Å². The lowest BCUT2D eigenvalue weighted by Gasteiger charge is -2.27. The SMILES string of the molecule is CCCCC1CCC(C(=O)NCC#Cc2ccccc2N(C)C)CC1. The smallest absolute Gasteiger partial charge is 0.223 e. The Hall–Kier alpha value is -1.95. The van der Waals surface area contributed by atoms with Gasteiger partial charge >= 0.3 is 0 Å². The van der Waals surface area contributed by atoms with Crippen LogP contribution in [0.25, 0.3) is 0 Å². The van der Waals surface area contributed by atoms with Crippen molar-refractivity contribution in [1.82, 2.24) is 5.32 Å². The van der Waals surface area contributed by atoms with Crippen LogP contribution in [-0.2, 0) is 4.79 Å². The maximum atomic E-state index is 12.3. The fourth-order valence-corrected chi connectivity index (χ4v) is 3.59. The molecule has 1 amide bonds. The zero-order valence-corrected chi connectivity index (χ0v) is 16.0. The van der Waals surface area contributed by atoms with Crippen molar-refractivity contribution in [2.45, 2.75) is 51.9 Å². The Morgan fingerprint density at radius 1 is 1.20 bits per heavy atom. The minimum absolute atomic E-state index is 0.184. The molecule has 1 aromatic carbocycles. The monoisotopic (exact) mass is 340 g/mol. The van der Waals surface area contributed by atoms with Gasteiger partial charge < -0.3 is 10.2 Å². The molecule has 1 aromatic rings. The van der Waals surface area contributed by atoms with Crippen LogP contribution in [0.3, 0.4) is 0 Å². The molecule has 1 N–H and O–H groups in total. The van der Waals surface area contributed by atoms with Crippen LogP contribution in [0.4, 0.5) is 5.69 Å². The van der Waals surface area contributed by atoms with E-state index < -0.39 is 0 Å². The number of amides is 1. The van der Waals surface area contributed by atoms with E-state index in [9.17, 15) is 4.79 Å². The normalized spacial score (nSPS) is 19.6.